The van der Waals surface area contributed by atoms with Crippen LogP contribution in [-0.2, 0) is 32.2 Å². The molecule has 7 rings (SSSR count). The van der Waals surface area contributed by atoms with E-state index in [1.54, 1.807) is 18.9 Å². The van der Waals surface area contributed by atoms with Crippen molar-refractivity contribution >= 4 is 23.5 Å². The van der Waals surface area contributed by atoms with Gasteiger partial charge in [0.05, 0.1) is 31.5 Å². The summed E-state index contributed by atoms with van der Waals surface area (Å²) in [5, 5.41) is -0.739. The van der Waals surface area contributed by atoms with Crippen molar-refractivity contribution in [1.82, 2.24) is 9.80 Å². The molecule has 0 radical (unpaired) electrons. The van der Waals surface area contributed by atoms with Gasteiger partial charge in [0.2, 0.25) is 0 Å². The van der Waals surface area contributed by atoms with Crippen molar-refractivity contribution in [1.29, 1.82) is 0 Å². The fraction of sp³-hybridized carbons (Fsp3) is 0.419. The van der Waals surface area contributed by atoms with Crippen LogP contribution < -0.4 is 4.74 Å². The van der Waals surface area contributed by atoms with Gasteiger partial charge in [-0.05, 0) is 42.9 Å². The number of nitrogens with zero attached hydrogens (tertiary/aromatic N) is 2. The van der Waals surface area contributed by atoms with E-state index in [0.717, 1.165) is 16.9 Å². The number of rotatable bonds is 10. The first-order valence-corrected chi connectivity index (χ1v) is 15.3. The van der Waals surface area contributed by atoms with Crippen molar-refractivity contribution in [2.75, 3.05) is 41.1 Å². The molecule has 4 heterocycles. The summed E-state index contributed by atoms with van der Waals surface area (Å²) in [6, 6.07) is 28.9. The summed E-state index contributed by atoms with van der Waals surface area (Å²) in [4.78, 5) is 4.05. The lowest BCUT2D eigenvalue weighted by molar-refractivity contribution is -0.172. The number of thioether (sulfide) groups is 2. The second kappa shape index (κ2) is 12.0. The topological polar surface area (TPSA) is 55.9 Å². The quantitative estimate of drug-likeness (QED) is 0.288. The highest BCUT2D eigenvalue weighted by atomic mass is 32.2. The summed E-state index contributed by atoms with van der Waals surface area (Å²) >= 11 is 3.67. The zero-order chi connectivity index (χ0) is 27.6. The van der Waals surface area contributed by atoms with E-state index in [-0.39, 0.29) is 16.9 Å². The Bertz CT molecular complexity index is 1250. The summed E-state index contributed by atoms with van der Waals surface area (Å²) in [6.45, 7) is 2.39. The van der Waals surface area contributed by atoms with Gasteiger partial charge in [-0.2, -0.15) is 0 Å². The van der Waals surface area contributed by atoms with E-state index in [1.807, 2.05) is 60.3 Å². The third-order valence-corrected chi connectivity index (χ3v) is 11.3. The standard InChI is InChI=1S/C31H36N2O5S2/c1-32-22-37-31(21-36-19-24-12-8-5-9-13-24)33(2)28-27(38-28)30(32,20-35-18-23-10-6-4-7-11-23)39-29(40-31)25-14-16-26(34-3)17-15-25/h4-17,27-29H,18-22H2,1-3H3/t27?,28?,29?,30-,31+/m0/s1. The number of epoxide rings is 1. The molecule has 7 nitrogen and oxygen atoms in total. The molecule has 9 heteroatoms. The van der Waals surface area contributed by atoms with Crippen LogP contribution in [-0.4, -0.2) is 73.2 Å². The van der Waals surface area contributed by atoms with Crippen LogP contribution >= 0.6 is 23.5 Å². The molecule has 3 aromatic rings. The molecule has 3 aromatic carbocycles. The highest BCUT2D eigenvalue weighted by molar-refractivity contribution is 8.17. The minimum absolute atomic E-state index is 0.0295. The van der Waals surface area contributed by atoms with Crippen molar-refractivity contribution in [2.24, 2.45) is 0 Å². The normalized spacial score (nSPS) is 30.2. The predicted molar refractivity (Wildman–Crippen MR) is 159 cm³/mol. The summed E-state index contributed by atoms with van der Waals surface area (Å²) in [6.07, 6.45) is -0.137. The van der Waals surface area contributed by atoms with Gasteiger partial charge in [0.25, 0.3) is 0 Å². The smallest absolute Gasteiger partial charge is 0.198 e. The molecule has 4 aliphatic rings. The van der Waals surface area contributed by atoms with Crippen molar-refractivity contribution in [3.05, 3.63) is 102 Å². The molecule has 4 fully saturated rings. The lowest BCUT2D eigenvalue weighted by atomic mass is 10.1. The predicted octanol–water partition coefficient (Wildman–Crippen LogP) is 5.53. The fourth-order valence-corrected chi connectivity index (χ4v) is 8.93. The number of ether oxygens (including phenoxy) is 5. The van der Waals surface area contributed by atoms with Crippen molar-refractivity contribution in [2.45, 2.75) is 40.1 Å². The van der Waals surface area contributed by atoms with Gasteiger partial charge in [0.1, 0.15) is 36.3 Å². The summed E-state index contributed by atoms with van der Waals surface area (Å²) in [7, 11) is 5.89. The van der Waals surface area contributed by atoms with Gasteiger partial charge in [0.15, 0.2) is 5.06 Å². The lowest BCUT2D eigenvalue weighted by Crippen LogP contribution is -2.63. The summed E-state index contributed by atoms with van der Waals surface area (Å²) in [5.41, 5.74) is 3.47. The Hall–Kier alpha value is -2.08. The molecule has 0 aliphatic carbocycles. The maximum absolute atomic E-state index is 6.80. The Labute approximate surface area is 245 Å². The number of fused-ring (bicyclic) bond motifs is 4. The zero-order valence-electron chi connectivity index (χ0n) is 23.1. The van der Waals surface area contributed by atoms with Crippen LogP contribution in [0.15, 0.2) is 84.9 Å². The maximum atomic E-state index is 6.80. The Morgan fingerprint density at radius 3 is 2.08 bits per heavy atom. The van der Waals surface area contributed by atoms with Gasteiger partial charge in [-0.25, -0.2) is 4.90 Å². The highest BCUT2D eigenvalue weighted by Gasteiger charge is 2.67. The van der Waals surface area contributed by atoms with Crippen molar-refractivity contribution < 1.29 is 23.7 Å². The minimum Gasteiger partial charge on any atom is -0.497 e. The lowest BCUT2D eigenvalue weighted by Gasteiger charge is -2.52. The van der Waals surface area contributed by atoms with E-state index in [2.05, 4.69) is 60.3 Å². The average Bonchev–Trinajstić information content (AvgIpc) is 3.79. The van der Waals surface area contributed by atoms with Crippen LogP contribution in [0, 0.1) is 0 Å². The number of benzene rings is 3. The average molecular weight is 581 g/mol. The van der Waals surface area contributed by atoms with Crippen molar-refractivity contribution in [3.8, 4) is 5.75 Å². The zero-order valence-corrected chi connectivity index (χ0v) is 24.7. The van der Waals surface area contributed by atoms with Crippen LogP contribution in [0.25, 0.3) is 0 Å². The number of hydrogen-bond donors (Lipinski definition) is 0. The molecular weight excluding hydrogens is 544 g/mol. The molecule has 2 bridgehead atoms. The maximum Gasteiger partial charge on any atom is 0.198 e. The molecule has 4 aliphatic heterocycles. The van der Waals surface area contributed by atoms with Crippen LogP contribution in [0.3, 0.4) is 0 Å². The Balaban J connectivity index is 1.30. The molecule has 0 amide bonds. The van der Waals surface area contributed by atoms with E-state index in [4.69, 9.17) is 23.7 Å². The molecule has 4 saturated heterocycles. The van der Waals surface area contributed by atoms with E-state index in [1.165, 1.54) is 5.56 Å². The van der Waals surface area contributed by atoms with Gasteiger partial charge in [-0.15, -0.1) is 11.8 Å². The van der Waals surface area contributed by atoms with Gasteiger partial charge in [-0.3, -0.25) is 4.90 Å². The molecule has 0 N–H and O–H groups in total. The fourth-order valence-electron chi connectivity index (χ4n) is 5.26. The minimum atomic E-state index is -0.739. The number of methoxy groups -OCH3 is 1. The summed E-state index contributed by atoms with van der Waals surface area (Å²) < 4.78 is 31.5. The molecule has 0 saturated carbocycles. The molecule has 5 atom stereocenters. The highest BCUT2D eigenvalue weighted by Crippen LogP contribution is 2.62. The second-order valence-electron chi connectivity index (χ2n) is 10.4. The van der Waals surface area contributed by atoms with Crippen LogP contribution in [0.2, 0.25) is 0 Å². The van der Waals surface area contributed by atoms with E-state index >= 15 is 0 Å². The Morgan fingerprint density at radius 2 is 1.45 bits per heavy atom. The molecule has 0 spiro atoms. The largest absolute Gasteiger partial charge is 0.497 e. The molecule has 0 aromatic heterocycles. The van der Waals surface area contributed by atoms with Gasteiger partial charge >= 0.3 is 0 Å². The van der Waals surface area contributed by atoms with Gasteiger partial charge < -0.3 is 23.7 Å². The Kier molecular flexibility index (Phi) is 8.44. The van der Waals surface area contributed by atoms with E-state index in [9.17, 15) is 0 Å². The number of hydrogen-bond acceptors (Lipinski definition) is 9. The molecule has 3 unspecified atom stereocenters. The van der Waals surface area contributed by atoms with Gasteiger partial charge in [-0.1, -0.05) is 84.6 Å². The second-order valence-corrected chi connectivity index (χ2v) is 13.4. The number of likely N-dealkylation sites (N-methyl/N-ethyl adjacent to an activating group) is 2. The monoisotopic (exact) mass is 580 g/mol. The van der Waals surface area contributed by atoms with E-state index < -0.39 is 9.93 Å². The van der Waals surface area contributed by atoms with Gasteiger partial charge in [0, 0.05) is 0 Å². The summed E-state index contributed by atoms with van der Waals surface area (Å²) in [5.74, 6) is 0.836. The third-order valence-electron chi connectivity index (χ3n) is 7.77. The SMILES string of the molecule is COc1ccc(C2S[C@@]3(COCc4ccccc4)C4OC4N(C)[C@](COCc4ccccc4)(OCN3C)S2)cc1. The molecule has 40 heavy (non-hydrogen) atoms. The van der Waals surface area contributed by atoms with Crippen LogP contribution in [0.4, 0.5) is 0 Å². The Morgan fingerprint density at radius 1 is 0.825 bits per heavy atom. The van der Waals surface area contributed by atoms with E-state index in [0.29, 0.717) is 33.2 Å². The first kappa shape index (κ1) is 28.1. The van der Waals surface area contributed by atoms with Crippen LogP contribution in [0.5, 0.6) is 5.75 Å². The van der Waals surface area contributed by atoms with Crippen molar-refractivity contribution in [3.63, 3.8) is 0 Å². The third kappa shape index (κ3) is 5.67. The first-order chi connectivity index (χ1) is 19.5. The molecular formula is C31H36N2O5S2. The first-order valence-electron chi connectivity index (χ1n) is 13.5. The van der Waals surface area contributed by atoms with Crippen LogP contribution in [0.1, 0.15) is 21.3 Å². The molecule has 212 valence electrons.